The first-order chi connectivity index (χ1) is 18.1. The van der Waals surface area contributed by atoms with Crippen molar-refractivity contribution in [3.05, 3.63) is 53.6 Å². The van der Waals surface area contributed by atoms with Crippen LogP contribution in [0.4, 0.5) is 22.0 Å². The van der Waals surface area contributed by atoms with E-state index >= 15 is 0 Å². The van der Waals surface area contributed by atoms with E-state index in [-0.39, 0.29) is 17.9 Å². The Morgan fingerprint density at radius 1 is 0.842 bits per heavy atom. The molecule has 0 spiro atoms. The lowest BCUT2D eigenvalue weighted by Crippen LogP contribution is -2.36. The average Bonchev–Trinajstić information content (AvgIpc) is 2.86. The van der Waals surface area contributed by atoms with Crippen LogP contribution in [0.5, 0.6) is 11.5 Å². The minimum Gasteiger partial charge on any atom is -0.508 e. The van der Waals surface area contributed by atoms with Gasteiger partial charge in [0.1, 0.15) is 11.5 Å². The van der Waals surface area contributed by atoms with Crippen LogP contribution >= 0.6 is 23.5 Å². The van der Waals surface area contributed by atoms with Gasteiger partial charge in [0, 0.05) is 36.2 Å². The molecule has 0 bridgehead atoms. The molecule has 2 aromatic carbocycles. The second kappa shape index (κ2) is 14.7. The number of benzene rings is 2. The van der Waals surface area contributed by atoms with Crippen LogP contribution in [-0.2, 0) is 4.74 Å². The highest BCUT2D eigenvalue weighted by Gasteiger charge is 2.56. The van der Waals surface area contributed by atoms with Crippen LogP contribution in [0.15, 0.2) is 47.4 Å². The summed E-state index contributed by atoms with van der Waals surface area (Å²) in [5.74, 6) is -1.54. The Kier molecular flexibility index (Phi) is 11.9. The van der Waals surface area contributed by atoms with Gasteiger partial charge in [-0.15, -0.1) is 11.8 Å². The molecule has 0 saturated heterocycles. The Morgan fingerprint density at radius 3 is 2.21 bits per heavy atom. The largest absolute Gasteiger partial charge is 0.508 e. The molecule has 2 aromatic rings. The topological polar surface area (TPSA) is 49.7 Å². The number of hydrogen-bond donors (Lipinski definition) is 2. The second-order valence-corrected chi connectivity index (χ2v) is 11.9. The van der Waals surface area contributed by atoms with Gasteiger partial charge in [0.2, 0.25) is 0 Å². The maximum Gasteiger partial charge on any atom is 0.453 e. The van der Waals surface area contributed by atoms with Crippen LogP contribution in [0.2, 0.25) is 0 Å². The van der Waals surface area contributed by atoms with Crippen molar-refractivity contribution in [1.82, 2.24) is 0 Å². The van der Waals surface area contributed by atoms with Gasteiger partial charge in [0.15, 0.2) is 0 Å². The van der Waals surface area contributed by atoms with Crippen molar-refractivity contribution >= 4 is 23.5 Å². The number of unbranched alkanes of at least 4 members (excludes halogenated alkanes) is 2. The summed E-state index contributed by atoms with van der Waals surface area (Å²) in [5, 5.41) is 19.6. The maximum atomic E-state index is 12.9. The van der Waals surface area contributed by atoms with E-state index in [2.05, 4.69) is 0 Å². The van der Waals surface area contributed by atoms with E-state index in [0.29, 0.717) is 36.6 Å². The molecular formula is C28H35F5O3S2. The quantitative estimate of drug-likeness (QED) is 0.163. The molecule has 2 unspecified atom stereocenters. The summed E-state index contributed by atoms with van der Waals surface area (Å²) < 4.78 is 67.9. The summed E-state index contributed by atoms with van der Waals surface area (Å²) in [6.07, 6.45) is -2.24. The molecule has 1 aliphatic rings. The standard InChI is InChI=1S/C28H35F5O3S2/c29-27(30,28(31,32)33)13-5-17-37-16-4-3-15-36-14-2-1-6-23-24-12-11-22(35)18-26(24)38-19-25(23)20-7-9-21(34)10-8-20/h7-12,18,23,25,34-35H,1-6,13-17,19H2. The predicted octanol–water partition coefficient (Wildman–Crippen LogP) is 8.75. The van der Waals surface area contributed by atoms with Crippen LogP contribution in [0.25, 0.3) is 0 Å². The van der Waals surface area contributed by atoms with E-state index in [1.807, 2.05) is 24.3 Å². The zero-order chi connectivity index (χ0) is 27.6. The predicted molar refractivity (Wildman–Crippen MR) is 144 cm³/mol. The van der Waals surface area contributed by atoms with Gasteiger partial charge >= 0.3 is 12.1 Å². The summed E-state index contributed by atoms with van der Waals surface area (Å²) in [5.41, 5.74) is 2.44. The maximum absolute atomic E-state index is 12.9. The molecular weight excluding hydrogens is 543 g/mol. The number of aromatic hydroxyl groups is 2. The Bertz CT molecular complexity index is 985. The fourth-order valence-electron chi connectivity index (χ4n) is 4.59. The fraction of sp³-hybridized carbons (Fsp3) is 0.571. The van der Waals surface area contributed by atoms with E-state index in [9.17, 15) is 32.2 Å². The highest BCUT2D eigenvalue weighted by atomic mass is 32.2. The summed E-state index contributed by atoms with van der Waals surface area (Å²) in [7, 11) is 0. The van der Waals surface area contributed by atoms with Gasteiger partial charge in [-0.1, -0.05) is 24.6 Å². The number of phenols is 2. The number of halogens is 5. The third-order valence-corrected chi connectivity index (χ3v) is 9.04. The van der Waals surface area contributed by atoms with Gasteiger partial charge in [0.25, 0.3) is 0 Å². The number of rotatable bonds is 15. The Hall–Kier alpha value is -1.65. The fourth-order valence-corrected chi connectivity index (χ4v) is 6.93. The van der Waals surface area contributed by atoms with Crippen molar-refractivity contribution in [2.24, 2.45) is 0 Å². The van der Waals surface area contributed by atoms with Crippen molar-refractivity contribution in [3.63, 3.8) is 0 Å². The van der Waals surface area contributed by atoms with E-state index in [1.165, 1.54) is 22.9 Å². The monoisotopic (exact) mass is 578 g/mol. The molecule has 0 fully saturated rings. The Labute approximate surface area is 229 Å². The smallest absolute Gasteiger partial charge is 0.453 e. The van der Waals surface area contributed by atoms with E-state index in [4.69, 9.17) is 4.74 Å². The number of alkyl halides is 5. The summed E-state index contributed by atoms with van der Waals surface area (Å²) in [4.78, 5) is 1.12. The molecule has 2 atom stereocenters. The first kappa shape index (κ1) is 30.9. The third-order valence-electron chi connectivity index (χ3n) is 6.70. The van der Waals surface area contributed by atoms with E-state index < -0.39 is 18.5 Å². The minimum atomic E-state index is -5.46. The molecule has 0 aromatic heterocycles. The minimum absolute atomic E-state index is 0.160. The summed E-state index contributed by atoms with van der Waals surface area (Å²) in [6.45, 7) is 1.25. The van der Waals surface area contributed by atoms with Gasteiger partial charge < -0.3 is 14.9 Å². The Morgan fingerprint density at radius 2 is 1.50 bits per heavy atom. The van der Waals surface area contributed by atoms with Crippen LogP contribution in [0.3, 0.4) is 0 Å². The molecule has 2 N–H and O–H groups in total. The highest BCUT2D eigenvalue weighted by Crippen LogP contribution is 2.49. The Balaban J connectivity index is 1.31. The molecule has 1 aliphatic heterocycles. The molecule has 0 saturated carbocycles. The number of phenolic OH excluding ortho intramolecular Hbond substituents is 2. The van der Waals surface area contributed by atoms with Gasteiger partial charge in [-0.05, 0) is 84.9 Å². The van der Waals surface area contributed by atoms with Crippen molar-refractivity contribution in [2.75, 3.05) is 30.5 Å². The zero-order valence-electron chi connectivity index (χ0n) is 21.2. The molecule has 0 radical (unpaired) electrons. The summed E-state index contributed by atoms with van der Waals surface area (Å²) in [6, 6.07) is 13.0. The highest BCUT2D eigenvalue weighted by molar-refractivity contribution is 7.99. The average molecular weight is 579 g/mol. The van der Waals surface area contributed by atoms with Crippen molar-refractivity contribution in [1.29, 1.82) is 0 Å². The van der Waals surface area contributed by atoms with E-state index in [1.54, 1.807) is 30.0 Å². The number of fused-ring (bicyclic) bond motifs is 1. The molecule has 38 heavy (non-hydrogen) atoms. The van der Waals surface area contributed by atoms with Crippen LogP contribution in [0.1, 0.15) is 67.9 Å². The number of thioether (sulfide) groups is 2. The van der Waals surface area contributed by atoms with Crippen molar-refractivity contribution < 1.29 is 36.9 Å². The van der Waals surface area contributed by atoms with Gasteiger partial charge in [-0.25, -0.2) is 0 Å². The normalized spacial score (nSPS) is 17.9. The lowest BCUT2D eigenvalue weighted by Gasteiger charge is -2.34. The van der Waals surface area contributed by atoms with Crippen molar-refractivity contribution in [2.45, 2.75) is 73.8 Å². The molecule has 10 heteroatoms. The number of hydrogen-bond acceptors (Lipinski definition) is 5. The first-order valence-electron chi connectivity index (χ1n) is 12.9. The van der Waals surface area contributed by atoms with Crippen molar-refractivity contribution in [3.8, 4) is 11.5 Å². The SMILES string of the molecule is Oc1ccc(C2CSc3cc(O)ccc3C2CCCCOCCCCSCCCC(F)(F)C(F)(F)F)cc1. The van der Waals surface area contributed by atoms with Crippen LogP contribution < -0.4 is 0 Å². The first-order valence-corrected chi connectivity index (χ1v) is 15.1. The molecule has 212 valence electrons. The molecule has 0 amide bonds. The van der Waals surface area contributed by atoms with Crippen LogP contribution in [-0.4, -0.2) is 52.8 Å². The van der Waals surface area contributed by atoms with Gasteiger partial charge in [-0.3, -0.25) is 0 Å². The molecule has 1 heterocycles. The second-order valence-electron chi connectivity index (χ2n) is 9.57. The van der Waals surface area contributed by atoms with Crippen LogP contribution in [0, 0.1) is 0 Å². The van der Waals surface area contributed by atoms with E-state index in [0.717, 1.165) is 42.8 Å². The van der Waals surface area contributed by atoms with Gasteiger partial charge in [0.05, 0.1) is 0 Å². The lowest BCUT2D eigenvalue weighted by atomic mass is 9.79. The molecule has 3 nitrogen and oxygen atoms in total. The summed E-state index contributed by atoms with van der Waals surface area (Å²) >= 11 is 3.15. The molecule has 3 rings (SSSR count). The zero-order valence-corrected chi connectivity index (χ0v) is 22.8. The number of ether oxygens (including phenoxy) is 1. The lowest BCUT2D eigenvalue weighted by molar-refractivity contribution is -0.284. The van der Waals surface area contributed by atoms with Gasteiger partial charge in [-0.2, -0.15) is 33.7 Å². The third kappa shape index (κ3) is 9.23. The molecule has 0 aliphatic carbocycles.